The van der Waals surface area contributed by atoms with Crippen LogP contribution in [0.2, 0.25) is 5.02 Å². The minimum Gasteiger partial charge on any atom is -0.384 e. The Labute approximate surface area is 134 Å². The summed E-state index contributed by atoms with van der Waals surface area (Å²) in [6, 6.07) is 5.58. The number of likely N-dealkylation sites (N-methyl/N-ethyl adjacent to an activating group) is 1. The SMILES string of the molecule is COCC1(C(=O)N(C)CCc2nc3ccc(Cl)cc3[nH]2)CC1. The summed E-state index contributed by atoms with van der Waals surface area (Å²) in [4.78, 5) is 22.0. The van der Waals surface area contributed by atoms with E-state index in [1.807, 2.05) is 25.2 Å². The molecule has 1 aliphatic rings. The maximum Gasteiger partial charge on any atom is 0.230 e. The van der Waals surface area contributed by atoms with E-state index < -0.39 is 0 Å². The molecule has 22 heavy (non-hydrogen) atoms. The van der Waals surface area contributed by atoms with Crippen molar-refractivity contribution in [3.8, 4) is 0 Å². The van der Waals surface area contributed by atoms with Crippen molar-refractivity contribution in [3.63, 3.8) is 0 Å². The lowest BCUT2D eigenvalue weighted by Crippen LogP contribution is -2.37. The van der Waals surface area contributed by atoms with Crippen molar-refractivity contribution in [2.45, 2.75) is 19.3 Å². The number of nitrogens with zero attached hydrogens (tertiary/aromatic N) is 2. The third-order valence-corrected chi connectivity index (χ3v) is 4.49. The van der Waals surface area contributed by atoms with Crippen molar-refractivity contribution in [3.05, 3.63) is 29.0 Å². The average Bonchev–Trinajstić information content (AvgIpc) is 3.16. The number of ether oxygens (including phenoxy) is 1. The molecule has 118 valence electrons. The number of rotatable bonds is 6. The summed E-state index contributed by atoms with van der Waals surface area (Å²) in [6.45, 7) is 1.15. The largest absolute Gasteiger partial charge is 0.384 e. The first kappa shape index (κ1) is 15.3. The van der Waals surface area contributed by atoms with E-state index in [-0.39, 0.29) is 11.3 Å². The molecule has 1 aromatic carbocycles. The van der Waals surface area contributed by atoms with Crippen LogP contribution >= 0.6 is 11.6 Å². The maximum atomic E-state index is 12.5. The number of methoxy groups -OCH3 is 1. The number of hydrogen-bond acceptors (Lipinski definition) is 3. The van der Waals surface area contributed by atoms with E-state index in [9.17, 15) is 4.79 Å². The van der Waals surface area contributed by atoms with Gasteiger partial charge in [-0.3, -0.25) is 4.79 Å². The zero-order valence-corrected chi connectivity index (χ0v) is 13.6. The highest BCUT2D eigenvalue weighted by molar-refractivity contribution is 6.31. The second-order valence-electron chi connectivity index (χ2n) is 6.04. The molecule has 1 N–H and O–H groups in total. The van der Waals surface area contributed by atoms with Crippen molar-refractivity contribution in [2.75, 3.05) is 27.3 Å². The summed E-state index contributed by atoms with van der Waals surface area (Å²) in [5.41, 5.74) is 1.55. The maximum absolute atomic E-state index is 12.5. The van der Waals surface area contributed by atoms with Crippen LogP contribution in [0.3, 0.4) is 0 Å². The first-order chi connectivity index (χ1) is 10.5. The second-order valence-corrected chi connectivity index (χ2v) is 6.47. The molecule has 0 radical (unpaired) electrons. The summed E-state index contributed by atoms with van der Waals surface area (Å²) >= 11 is 5.97. The van der Waals surface area contributed by atoms with E-state index >= 15 is 0 Å². The molecule has 1 saturated carbocycles. The van der Waals surface area contributed by atoms with Crippen LogP contribution in [0.15, 0.2) is 18.2 Å². The molecular formula is C16H20ClN3O2. The molecule has 0 unspecified atom stereocenters. The third kappa shape index (κ3) is 2.96. The van der Waals surface area contributed by atoms with Gasteiger partial charge in [0, 0.05) is 32.1 Å². The summed E-state index contributed by atoms with van der Waals surface area (Å²) < 4.78 is 5.18. The smallest absolute Gasteiger partial charge is 0.230 e. The second kappa shape index (κ2) is 5.89. The molecule has 1 aliphatic carbocycles. The fourth-order valence-corrected chi connectivity index (χ4v) is 2.95. The third-order valence-electron chi connectivity index (χ3n) is 4.25. The minimum atomic E-state index is -0.273. The van der Waals surface area contributed by atoms with Crippen LogP contribution in [0.1, 0.15) is 18.7 Å². The van der Waals surface area contributed by atoms with E-state index in [4.69, 9.17) is 16.3 Å². The standard InChI is InChI=1S/C16H20ClN3O2/c1-20(15(21)16(6-7-16)10-22-2)8-5-14-18-12-4-3-11(17)9-13(12)19-14/h3-4,9H,5-8,10H2,1-2H3,(H,18,19). The lowest BCUT2D eigenvalue weighted by atomic mass is 10.1. The Balaban J connectivity index is 1.62. The van der Waals surface area contributed by atoms with Gasteiger partial charge in [-0.1, -0.05) is 11.6 Å². The van der Waals surface area contributed by atoms with Gasteiger partial charge in [0.05, 0.1) is 23.1 Å². The summed E-state index contributed by atoms with van der Waals surface area (Å²) in [6.07, 6.45) is 2.54. The molecule has 1 aromatic heterocycles. The predicted molar refractivity (Wildman–Crippen MR) is 86.0 cm³/mol. The Morgan fingerprint density at radius 3 is 2.95 bits per heavy atom. The van der Waals surface area contributed by atoms with Gasteiger partial charge in [-0.15, -0.1) is 0 Å². The molecule has 0 aliphatic heterocycles. The molecule has 2 aromatic rings. The van der Waals surface area contributed by atoms with Gasteiger partial charge < -0.3 is 14.6 Å². The van der Waals surface area contributed by atoms with Crippen LogP contribution in [0, 0.1) is 5.41 Å². The van der Waals surface area contributed by atoms with Crippen molar-refractivity contribution < 1.29 is 9.53 Å². The molecule has 0 saturated heterocycles. The van der Waals surface area contributed by atoms with Crippen LogP contribution < -0.4 is 0 Å². The molecule has 0 atom stereocenters. The van der Waals surface area contributed by atoms with Crippen molar-refractivity contribution in [1.82, 2.24) is 14.9 Å². The minimum absolute atomic E-state index is 0.175. The topological polar surface area (TPSA) is 58.2 Å². The van der Waals surface area contributed by atoms with Crippen LogP contribution in [0.4, 0.5) is 0 Å². The number of carbonyl (C=O) groups is 1. The number of imidazole rings is 1. The summed E-state index contributed by atoms with van der Waals surface area (Å²) in [7, 11) is 3.49. The first-order valence-electron chi connectivity index (χ1n) is 7.43. The molecule has 6 heteroatoms. The van der Waals surface area contributed by atoms with E-state index in [2.05, 4.69) is 9.97 Å². The van der Waals surface area contributed by atoms with Crippen LogP contribution in [-0.4, -0.2) is 48.1 Å². The van der Waals surface area contributed by atoms with Gasteiger partial charge in [-0.05, 0) is 31.0 Å². The van der Waals surface area contributed by atoms with Crippen LogP contribution in [-0.2, 0) is 16.0 Å². The molecule has 1 fully saturated rings. The Bertz CT molecular complexity index is 694. The number of hydrogen-bond donors (Lipinski definition) is 1. The van der Waals surface area contributed by atoms with Crippen molar-refractivity contribution in [1.29, 1.82) is 0 Å². The zero-order chi connectivity index (χ0) is 15.7. The zero-order valence-electron chi connectivity index (χ0n) is 12.9. The van der Waals surface area contributed by atoms with E-state index in [0.717, 1.165) is 29.7 Å². The number of aromatic nitrogens is 2. The highest BCUT2D eigenvalue weighted by Crippen LogP contribution is 2.47. The summed E-state index contributed by atoms with van der Waals surface area (Å²) in [5.74, 6) is 1.04. The number of halogens is 1. The number of amides is 1. The van der Waals surface area contributed by atoms with Crippen LogP contribution in [0.25, 0.3) is 11.0 Å². The van der Waals surface area contributed by atoms with Gasteiger partial charge in [0.2, 0.25) is 5.91 Å². The van der Waals surface area contributed by atoms with E-state index in [1.54, 1.807) is 12.0 Å². The fourth-order valence-electron chi connectivity index (χ4n) is 2.78. The Hall–Kier alpha value is -1.59. The normalized spacial score (nSPS) is 16.0. The highest BCUT2D eigenvalue weighted by Gasteiger charge is 2.51. The average molecular weight is 322 g/mol. The predicted octanol–water partition coefficient (Wildman–Crippen LogP) is 2.64. The van der Waals surface area contributed by atoms with Gasteiger partial charge in [0.25, 0.3) is 0 Å². The summed E-state index contributed by atoms with van der Waals surface area (Å²) in [5, 5.41) is 0.685. The Morgan fingerprint density at radius 2 is 2.27 bits per heavy atom. The van der Waals surface area contributed by atoms with E-state index in [1.165, 1.54) is 0 Å². The number of fused-ring (bicyclic) bond motifs is 1. The first-order valence-corrected chi connectivity index (χ1v) is 7.80. The van der Waals surface area contributed by atoms with Gasteiger partial charge in [-0.25, -0.2) is 4.98 Å². The number of H-pyrrole nitrogens is 1. The molecule has 0 spiro atoms. The molecule has 3 rings (SSSR count). The molecule has 1 heterocycles. The quantitative estimate of drug-likeness (QED) is 0.890. The van der Waals surface area contributed by atoms with Gasteiger partial charge in [-0.2, -0.15) is 0 Å². The fraction of sp³-hybridized carbons (Fsp3) is 0.500. The van der Waals surface area contributed by atoms with Crippen LogP contribution in [0.5, 0.6) is 0 Å². The molecular weight excluding hydrogens is 302 g/mol. The molecule has 1 amide bonds. The lowest BCUT2D eigenvalue weighted by molar-refractivity contribution is -0.137. The van der Waals surface area contributed by atoms with Crippen molar-refractivity contribution in [2.24, 2.45) is 5.41 Å². The number of aromatic amines is 1. The van der Waals surface area contributed by atoms with Gasteiger partial charge >= 0.3 is 0 Å². The van der Waals surface area contributed by atoms with Crippen molar-refractivity contribution >= 4 is 28.5 Å². The lowest BCUT2D eigenvalue weighted by Gasteiger charge is -2.22. The number of nitrogens with one attached hydrogen (secondary N) is 1. The highest BCUT2D eigenvalue weighted by atomic mass is 35.5. The van der Waals surface area contributed by atoms with Gasteiger partial charge in [0.15, 0.2) is 0 Å². The Kier molecular flexibility index (Phi) is 4.10. The number of benzene rings is 1. The number of carbonyl (C=O) groups excluding carboxylic acids is 1. The monoisotopic (exact) mass is 321 g/mol. The molecule has 5 nitrogen and oxygen atoms in total. The van der Waals surface area contributed by atoms with Gasteiger partial charge in [0.1, 0.15) is 5.82 Å². The Morgan fingerprint density at radius 1 is 1.50 bits per heavy atom. The van der Waals surface area contributed by atoms with E-state index in [0.29, 0.717) is 24.6 Å². The molecule has 0 bridgehead atoms.